The van der Waals surface area contributed by atoms with Crippen molar-refractivity contribution in [3.63, 3.8) is 0 Å². The fourth-order valence-corrected chi connectivity index (χ4v) is 3.37. The van der Waals surface area contributed by atoms with Crippen molar-refractivity contribution in [1.82, 2.24) is 0 Å². The number of carbonyl (C=O) groups excluding carboxylic acids is 2. The normalized spacial score (nSPS) is 10.6. The number of benzene rings is 3. The molecule has 3 rings (SSSR count). The van der Waals surface area contributed by atoms with Crippen LogP contribution in [0.15, 0.2) is 66.7 Å². The Labute approximate surface area is 162 Å². The summed E-state index contributed by atoms with van der Waals surface area (Å²) in [6, 6.07) is 21.5. The standard InChI is InChI=1S/C22H21NO3S/c1-16-6-4-10-19(12-16)23-21(24)14-27-15-22(25)26-13-18-9-5-8-17-7-2-3-11-20(17)18/h2-12H,13-15H2,1H3,(H,23,24). The van der Waals surface area contributed by atoms with E-state index in [9.17, 15) is 9.59 Å². The molecule has 0 saturated carbocycles. The summed E-state index contributed by atoms with van der Waals surface area (Å²) in [6.07, 6.45) is 0. The molecule has 0 aromatic heterocycles. The number of carbonyl (C=O) groups is 2. The first-order valence-electron chi connectivity index (χ1n) is 8.68. The number of hydrogen-bond donors (Lipinski definition) is 1. The monoisotopic (exact) mass is 379 g/mol. The fourth-order valence-electron chi connectivity index (χ4n) is 2.77. The minimum absolute atomic E-state index is 0.132. The molecule has 0 aliphatic heterocycles. The van der Waals surface area contributed by atoms with Gasteiger partial charge in [0.25, 0.3) is 0 Å². The van der Waals surface area contributed by atoms with Gasteiger partial charge in [0, 0.05) is 5.69 Å². The molecule has 0 atom stereocenters. The summed E-state index contributed by atoms with van der Waals surface area (Å²) in [5, 5.41) is 5.02. The van der Waals surface area contributed by atoms with Crippen molar-refractivity contribution in [3.05, 3.63) is 77.9 Å². The highest BCUT2D eigenvalue weighted by Gasteiger charge is 2.09. The third-order valence-electron chi connectivity index (χ3n) is 4.02. The van der Waals surface area contributed by atoms with E-state index >= 15 is 0 Å². The zero-order valence-corrected chi connectivity index (χ0v) is 15.9. The summed E-state index contributed by atoms with van der Waals surface area (Å²) in [5.74, 6) is -0.104. The summed E-state index contributed by atoms with van der Waals surface area (Å²) in [6.45, 7) is 2.20. The van der Waals surface area contributed by atoms with Gasteiger partial charge in [0.1, 0.15) is 6.61 Å². The van der Waals surface area contributed by atoms with E-state index in [2.05, 4.69) is 5.32 Å². The summed E-state index contributed by atoms with van der Waals surface area (Å²) in [5.41, 5.74) is 2.82. The number of esters is 1. The molecule has 27 heavy (non-hydrogen) atoms. The molecule has 0 radical (unpaired) electrons. The molecule has 0 aliphatic carbocycles. The van der Waals surface area contributed by atoms with E-state index in [1.165, 1.54) is 11.8 Å². The second-order valence-corrected chi connectivity index (χ2v) is 7.20. The summed E-state index contributed by atoms with van der Waals surface area (Å²) >= 11 is 1.25. The Morgan fingerprint density at radius 1 is 0.963 bits per heavy atom. The maximum Gasteiger partial charge on any atom is 0.316 e. The number of fused-ring (bicyclic) bond motifs is 1. The minimum atomic E-state index is -0.323. The van der Waals surface area contributed by atoms with Gasteiger partial charge in [-0.3, -0.25) is 9.59 Å². The van der Waals surface area contributed by atoms with Crippen molar-refractivity contribution in [2.45, 2.75) is 13.5 Å². The lowest BCUT2D eigenvalue weighted by molar-refractivity contribution is -0.141. The zero-order chi connectivity index (χ0) is 19.1. The lowest BCUT2D eigenvalue weighted by atomic mass is 10.1. The van der Waals surface area contributed by atoms with Crippen LogP contribution in [0, 0.1) is 6.92 Å². The molecule has 0 saturated heterocycles. The van der Waals surface area contributed by atoms with Crippen LogP contribution in [-0.2, 0) is 20.9 Å². The van der Waals surface area contributed by atoms with E-state index in [0.29, 0.717) is 0 Å². The van der Waals surface area contributed by atoms with Crippen LogP contribution in [0.3, 0.4) is 0 Å². The van der Waals surface area contributed by atoms with Gasteiger partial charge in [-0.25, -0.2) is 0 Å². The van der Waals surface area contributed by atoms with Gasteiger partial charge in [-0.2, -0.15) is 0 Å². The topological polar surface area (TPSA) is 55.4 Å². The molecule has 0 heterocycles. The second-order valence-electron chi connectivity index (χ2n) is 6.21. The highest BCUT2D eigenvalue weighted by Crippen LogP contribution is 2.19. The van der Waals surface area contributed by atoms with Gasteiger partial charge in [0.2, 0.25) is 5.91 Å². The molecule has 4 nitrogen and oxygen atoms in total. The third kappa shape index (κ3) is 5.59. The van der Waals surface area contributed by atoms with Crippen molar-refractivity contribution in [1.29, 1.82) is 0 Å². The Bertz CT molecular complexity index is 950. The number of hydrogen-bond acceptors (Lipinski definition) is 4. The molecule has 0 unspecified atom stereocenters. The van der Waals surface area contributed by atoms with Gasteiger partial charge in [0.05, 0.1) is 11.5 Å². The van der Waals surface area contributed by atoms with Crippen molar-refractivity contribution in [2.75, 3.05) is 16.8 Å². The van der Waals surface area contributed by atoms with E-state index in [4.69, 9.17) is 4.74 Å². The quantitative estimate of drug-likeness (QED) is 0.611. The number of rotatable bonds is 7. The van der Waals surface area contributed by atoms with Crippen LogP contribution in [0.1, 0.15) is 11.1 Å². The van der Waals surface area contributed by atoms with Crippen LogP contribution in [0.4, 0.5) is 5.69 Å². The van der Waals surface area contributed by atoms with E-state index in [1.54, 1.807) is 0 Å². The second kappa shape index (κ2) is 9.24. The maximum absolute atomic E-state index is 12.0. The molecular formula is C22H21NO3S. The van der Waals surface area contributed by atoms with E-state index in [0.717, 1.165) is 27.6 Å². The highest BCUT2D eigenvalue weighted by atomic mass is 32.2. The molecule has 1 amide bonds. The van der Waals surface area contributed by atoms with E-state index < -0.39 is 0 Å². The third-order valence-corrected chi connectivity index (χ3v) is 4.93. The Kier molecular flexibility index (Phi) is 6.49. The average Bonchev–Trinajstić information content (AvgIpc) is 2.66. The van der Waals surface area contributed by atoms with Crippen LogP contribution in [-0.4, -0.2) is 23.4 Å². The Morgan fingerprint density at radius 2 is 1.74 bits per heavy atom. The van der Waals surface area contributed by atoms with Gasteiger partial charge in [-0.15, -0.1) is 11.8 Å². The van der Waals surface area contributed by atoms with Crippen LogP contribution in [0.25, 0.3) is 10.8 Å². The predicted molar refractivity (Wildman–Crippen MR) is 111 cm³/mol. The zero-order valence-electron chi connectivity index (χ0n) is 15.1. The number of anilines is 1. The lowest BCUT2D eigenvalue weighted by Crippen LogP contribution is -2.16. The van der Waals surface area contributed by atoms with Gasteiger partial charge in [0.15, 0.2) is 0 Å². The summed E-state index contributed by atoms with van der Waals surface area (Å²) < 4.78 is 5.36. The minimum Gasteiger partial charge on any atom is -0.460 e. The number of thioether (sulfide) groups is 1. The smallest absolute Gasteiger partial charge is 0.316 e. The molecule has 0 aliphatic rings. The van der Waals surface area contributed by atoms with E-state index in [1.807, 2.05) is 73.7 Å². The molecule has 3 aromatic carbocycles. The average molecular weight is 379 g/mol. The van der Waals surface area contributed by atoms with Crippen LogP contribution in [0.5, 0.6) is 0 Å². The van der Waals surface area contributed by atoms with Crippen LogP contribution < -0.4 is 5.32 Å². The number of ether oxygens (including phenoxy) is 1. The Hall–Kier alpha value is -2.79. The Morgan fingerprint density at radius 3 is 2.59 bits per heavy atom. The number of nitrogens with one attached hydrogen (secondary N) is 1. The predicted octanol–water partition coefficient (Wildman–Crippen LogP) is 4.56. The van der Waals surface area contributed by atoms with Crippen molar-refractivity contribution in [2.24, 2.45) is 0 Å². The van der Waals surface area contributed by atoms with Gasteiger partial charge in [-0.05, 0) is 41.0 Å². The van der Waals surface area contributed by atoms with Crippen LogP contribution in [0.2, 0.25) is 0 Å². The molecule has 0 bridgehead atoms. The first kappa shape index (κ1) is 19.0. The SMILES string of the molecule is Cc1cccc(NC(=O)CSCC(=O)OCc2cccc3ccccc23)c1. The first-order valence-corrected chi connectivity index (χ1v) is 9.84. The van der Waals surface area contributed by atoms with Crippen LogP contribution >= 0.6 is 11.8 Å². The van der Waals surface area contributed by atoms with Gasteiger partial charge >= 0.3 is 5.97 Å². The van der Waals surface area contributed by atoms with Gasteiger partial charge in [-0.1, -0.05) is 54.6 Å². The van der Waals surface area contributed by atoms with Crippen molar-refractivity contribution < 1.29 is 14.3 Å². The van der Waals surface area contributed by atoms with Crippen molar-refractivity contribution >= 4 is 40.1 Å². The lowest BCUT2D eigenvalue weighted by Gasteiger charge is -2.08. The molecular weight excluding hydrogens is 358 g/mol. The van der Waals surface area contributed by atoms with E-state index in [-0.39, 0.29) is 30.0 Å². The molecule has 0 fully saturated rings. The molecule has 1 N–H and O–H groups in total. The molecule has 3 aromatic rings. The Balaban J connectivity index is 1.42. The van der Waals surface area contributed by atoms with Crippen molar-refractivity contribution in [3.8, 4) is 0 Å². The fraction of sp³-hybridized carbons (Fsp3) is 0.182. The summed E-state index contributed by atoms with van der Waals surface area (Å²) in [7, 11) is 0. The number of amides is 1. The highest BCUT2D eigenvalue weighted by molar-refractivity contribution is 8.00. The first-order chi connectivity index (χ1) is 13.1. The molecule has 0 spiro atoms. The molecule has 138 valence electrons. The number of aryl methyl sites for hydroxylation is 1. The molecule has 5 heteroatoms. The maximum atomic E-state index is 12.0. The largest absolute Gasteiger partial charge is 0.460 e. The summed E-state index contributed by atoms with van der Waals surface area (Å²) in [4.78, 5) is 23.9. The van der Waals surface area contributed by atoms with Gasteiger partial charge < -0.3 is 10.1 Å².